The minimum absolute atomic E-state index is 0.164. The number of allylic oxidation sites excluding steroid dienone is 1. The van der Waals surface area contributed by atoms with E-state index >= 15 is 0 Å². The average molecular weight is 342 g/mol. The summed E-state index contributed by atoms with van der Waals surface area (Å²) >= 11 is 1.61. The van der Waals surface area contributed by atoms with Gasteiger partial charge in [0.05, 0.1) is 10.6 Å². The number of nitrogens with zero attached hydrogens (tertiary/aromatic N) is 2. The van der Waals surface area contributed by atoms with Crippen molar-refractivity contribution < 1.29 is 8.42 Å². The summed E-state index contributed by atoms with van der Waals surface area (Å²) in [6.45, 7) is 1.91. The van der Waals surface area contributed by atoms with Crippen molar-refractivity contribution in [1.29, 1.82) is 5.26 Å². The van der Waals surface area contributed by atoms with Crippen LogP contribution in [0.3, 0.4) is 0 Å². The van der Waals surface area contributed by atoms with Crippen molar-refractivity contribution in [2.45, 2.75) is 16.7 Å². The summed E-state index contributed by atoms with van der Waals surface area (Å²) in [5, 5.41) is 9.24. The predicted octanol–water partition coefficient (Wildman–Crippen LogP) is 4.01. The molecule has 0 fully saturated rings. The molecular formula is C17H14N2O2S2. The minimum atomic E-state index is -3.75. The number of rotatable bonds is 2. The van der Waals surface area contributed by atoms with Crippen LogP contribution in [0.25, 0.3) is 0 Å². The van der Waals surface area contributed by atoms with Gasteiger partial charge in [-0.3, -0.25) is 0 Å². The summed E-state index contributed by atoms with van der Waals surface area (Å²) < 4.78 is 25.0. The van der Waals surface area contributed by atoms with Crippen molar-refractivity contribution in [2.24, 2.45) is 0 Å². The molecule has 0 radical (unpaired) electrons. The quantitative estimate of drug-likeness (QED) is 0.772. The number of thioether (sulfide) groups is 1. The normalized spacial score (nSPS) is 15.5. The fourth-order valence-electron chi connectivity index (χ4n) is 2.48. The van der Waals surface area contributed by atoms with E-state index in [0.717, 1.165) is 16.1 Å². The molecule has 0 saturated heterocycles. The highest BCUT2D eigenvalue weighted by Crippen LogP contribution is 2.40. The second kappa shape index (κ2) is 5.76. The molecule has 0 atom stereocenters. The van der Waals surface area contributed by atoms with Crippen molar-refractivity contribution in [1.82, 2.24) is 0 Å². The second-order valence-electron chi connectivity index (χ2n) is 5.15. The molecule has 1 aliphatic heterocycles. The van der Waals surface area contributed by atoms with E-state index in [1.54, 1.807) is 34.9 Å². The summed E-state index contributed by atoms with van der Waals surface area (Å²) in [6, 6.07) is 14.7. The van der Waals surface area contributed by atoms with Gasteiger partial charge in [0.25, 0.3) is 0 Å². The first-order valence-corrected chi connectivity index (χ1v) is 9.59. The smallest absolute Gasteiger partial charge is 0.220 e. The topological polar surface area (TPSA) is 61.2 Å². The maximum absolute atomic E-state index is 12.5. The molecule has 4 nitrogen and oxygen atoms in total. The number of fused-ring (bicyclic) bond motifs is 1. The van der Waals surface area contributed by atoms with E-state index in [1.165, 1.54) is 6.20 Å². The average Bonchev–Trinajstić information content (AvgIpc) is 2.54. The van der Waals surface area contributed by atoms with Gasteiger partial charge in [-0.05, 0) is 49.1 Å². The molecule has 2 aromatic carbocycles. The fraction of sp³-hybridized carbons (Fsp3) is 0.118. The van der Waals surface area contributed by atoms with Crippen molar-refractivity contribution >= 4 is 33.0 Å². The van der Waals surface area contributed by atoms with Gasteiger partial charge in [-0.25, -0.2) is 8.42 Å². The third-order valence-corrected chi connectivity index (χ3v) is 6.07. The Labute approximate surface area is 140 Å². The summed E-state index contributed by atoms with van der Waals surface area (Å²) in [7, 11) is -3.75. The number of sulfone groups is 1. The Morgan fingerprint density at radius 3 is 2.65 bits per heavy atom. The molecule has 0 spiro atoms. The van der Waals surface area contributed by atoms with E-state index in [0.29, 0.717) is 5.69 Å². The molecule has 0 aromatic heterocycles. The number of anilines is 2. The lowest BCUT2D eigenvalue weighted by atomic mass is 10.2. The van der Waals surface area contributed by atoms with Gasteiger partial charge < -0.3 is 4.90 Å². The predicted molar refractivity (Wildman–Crippen MR) is 92.4 cm³/mol. The Bertz CT molecular complexity index is 957. The van der Waals surface area contributed by atoms with Gasteiger partial charge in [-0.1, -0.05) is 12.1 Å². The van der Waals surface area contributed by atoms with Crippen LogP contribution in [-0.2, 0) is 9.84 Å². The number of benzene rings is 2. The SMILES string of the molecule is CSc1cccc(N2C=C(C#N)S(=O)(=O)c3ccc(C)cc32)c1. The van der Waals surface area contributed by atoms with Gasteiger partial charge >= 0.3 is 0 Å². The highest BCUT2D eigenvalue weighted by molar-refractivity contribution is 7.98. The zero-order chi connectivity index (χ0) is 16.6. The molecule has 0 unspecified atom stereocenters. The first-order valence-electron chi connectivity index (χ1n) is 6.88. The lowest BCUT2D eigenvalue weighted by Crippen LogP contribution is -2.21. The molecule has 6 heteroatoms. The molecule has 0 bridgehead atoms. The summed E-state index contributed by atoms with van der Waals surface area (Å²) in [5.41, 5.74) is 2.35. The van der Waals surface area contributed by atoms with Crippen LogP contribution in [-0.4, -0.2) is 14.7 Å². The highest BCUT2D eigenvalue weighted by Gasteiger charge is 2.32. The Balaban J connectivity index is 2.28. The van der Waals surface area contributed by atoms with Crippen molar-refractivity contribution in [3.63, 3.8) is 0 Å². The van der Waals surface area contributed by atoms with Gasteiger partial charge in [-0.2, -0.15) is 5.26 Å². The van der Waals surface area contributed by atoms with Crippen LogP contribution in [0.15, 0.2) is 63.4 Å². The van der Waals surface area contributed by atoms with Gasteiger partial charge in [0, 0.05) is 16.8 Å². The molecule has 0 amide bonds. The largest absolute Gasteiger partial charge is 0.314 e. The van der Waals surface area contributed by atoms with E-state index in [4.69, 9.17) is 0 Å². The first kappa shape index (κ1) is 15.7. The van der Waals surface area contributed by atoms with Crippen LogP contribution in [0.4, 0.5) is 11.4 Å². The summed E-state index contributed by atoms with van der Waals surface area (Å²) in [6.07, 6.45) is 3.38. The van der Waals surface area contributed by atoms with Crippen LogP contribution < -0.4 is 4.90 Å². The molecule has 0 saturated carbocycles. The van der Waals surface area contributed by atoms with Crippen molar-refractivity contribution in [3.8, 4) is 6.07 Å². The number of hydrogen-bond acceptors (Lipinski definition) is 5. The molecule has 1 aliphatic rings. The molecule has 0 aliphatic carbocycles. The standard InChI is InChI=1S/C17H14N2O2S2/c1-12-6-7-17-16(8-12)19(11-15(10-18)23(17,20)21)13-4-3-5-14(9-13)22-2/h3-9,11H,1-2H3. The zero-order valence-corrected chi connectivity index (χ0v) is 14.3. The summed E-state index contributed by atoms with van der Waals surface area (Å²) in [4.78, 5) is 2.75. The van der Waals surface area contributed by atoms with E-state index in [-0.39, 0.29) is 9.80 Å². The molecule has 0 N–H and O–H groups in total. The Hall–Kier alpha value is -2.23. The van der Waals surface area contributed by atoms with Crippen molar-refractivity contribution in [2.75, 3.05) is 11.2 Å². The van der Waals surface area contributed by atoms with Crippen LogP contribution in [0, 0.1) is 18.3 Å². The monoisotopic (exact) mass is 342 g/mol. The fourth-order valence-corrected chi connectivity index (χ4v) is 4.21. The lowest BCUT2D eigenvalue weighted by Gasteiger charge is -2.28. The van der Waals surface area contributed by atoms with E-state index in [2.05, 4.69) is 0 Å². The van der Waals surface area contributed by atoms with Gasteiger partial charge in [0.2, 0.25) is 9.84 Å². The highest BCUT2D eigenvalue weighted by atomic mass is 32.2. The number of aryl methyl sites for hydroxylation is 1. The van der Waals surface area contributed by atoms with E-state index in [1.807, 2.05) is 43.5 Å². The Morgan fingerprint density at radius 1 is 1.17 bits per heavy atom. The molecule has 2 aromatic rings. The van der Waals surface area contributed by atoms with Gasteiger partial charge in [0.1, 0.15) is 6.07 Å². The van der Waals surface area contributed by atoms with Crippen LogP contribution in [0.5, 0.6) is 0 Å². The summed E-state index contributed by atoms with van der Waals surface area (Å²) in [5.74, 6) is 0. The van der Waals surface area contributed by atoms with Crippen LogP contribution in [0.1, 0.15) is 5.56 Å². The van der Waals surface area contributed by atoms with Crippen molar-refractivity contribution in [3.05, 3.63) is 59.1 Å². The van der Waals surface area contributed by atoms with Crippen LogP contribution >= 0.6 is 11.8 Å². The van der Waals surface area contributed by atoms with Gasteiger partial charge in [-0.15, -0.1) is 11.8 Å². The second-order valence-corrected chi connectivity index (χ2v) is 7.92. The van der Waals surface area contributed by atoms with Crippen LogP contribution in [0.2, 0.25) is 0 Å². The molecule has 23 heavy (non-hydrogen) atoms. The molecule has 3 rings (SSSR count). The number of nitriles is 1. The third-order valence-electron chi connectivity index (χ3n) is 3.64. The minimum Gasteiger partial charge on any atom is -0.314 e. The third kappa shape index (κ3) is 2.62. The molecular weight excluding hydrogens is 328 g/mol. The first-order chi connectivity index (χ1) is 11.0. The van der Waals surface area contributed by atoms with Gasteiger partial charge in [0.15, 0.2) is 4.91 Å². The Kier molecular flexibility index (Phi) is 3.92. The molecule has 1 heterocycles. The molecule has 116 valence electrons. The maximum Gasteiger partial charge on any atom is 0.220 e. The lowest BCUT2D eigenvalue weighted by molar-refractivity contribution is 0.602. The maximum atomic E-state index is 12.5. The van der Waals surface area contributed by atoms with E-state index in [9.17, 15) is 13.7 Å². The zero-order valence-electron chi connectivity index (χ0n) is 12.6. The Morgan fingerprint density at radius 2 is 1.96 bits per heavy atom. The van der Waals surface area contributed by atoms with E-state index < -0.39 is 9.84 Å². The number of hydrogen-bond donors (Lipinski definition) is 0.